The SMILES string of the molecule is O=C(c1ccc(Cl)cc1)N1CCN(C(C(=O)N2CCOCC2)C2CCCC2)CC1. The minimum atomic E-state index is -0.0524. The van der Waals surface area contributed by atoms with Crippen LogP contribution in [0.1, 0.15) is 36.0 Å². The molecular weight excluding hydrogens is 390 g/mol. The monoisotopic (exact) mass is 419 g/mol. The Labute approximate surface area is 177 Å². The predicted octanol–water partition coefficient (Wildman–Crippen LogP) is 2.52. The fourth-order valence-corrected chi connectivity index (χ4v) is 5.00. The number of hydrogen-bond donors (Lipinski definition) is 0. The molecule has 1 atom stereocenters. The number of amides is 2. The quantitative estimate of drug-likeness (QED) is 0.752. The van der Waals surface area contributed by atoms with Crippen LogP contribution in [0.3, 0.4) is 0 Å². The van der Waals surface area contributed by atoms with E-state index in [2.05, 4.69) is 4.90 Å². The van der Waals surface area contributed by atoms with Crippen molar-refractivity contribution in [3.05, 3.63) is 34.9 Å². The van der Waals surface area contributed by atoms with E-state index in [-0.39, 0.29) is 17.9 Å². The van der Waals surface area contributed by atoms with Gasteiger partial charge in [0.25, 0.3) is 5.91 Å². The standard InChI is InChI=1S/C22H30ClN3O3/c23-19-7-5-18(6-8-19)21(27)25-11-9-24(10-12-25)20(17-3-1-2-4-17)22(28)26-13-15-29-16-14-26/h5-8,17,20H,1-4,9-16H2. The normalized spacial score (nSPS) is 22.7. The third-order valence-electron chi connectivity index (χ3n) is 6.51. The minimum Gasteiger partial charge on any atom is -0.378 e. The Morgan fingerprint density at radius 2 is 1.52 bits per heavy atom. The van der Waals surface area contributed by atoms with Crippen LogP contribution in [0.5, 0.6) is 0 Å². The maximum atomic E-state index is 13.4. The number of ether oxygens (including phenoxy) is 1. The summed E-state index contributed by atoms with van der Waals surface area (Å²) in [6.07, 6.45) is 4.69. The van der Waals surface area contributed by atoms with E-state index < -0.39 is 0 Å². The summed E-state index contributed by atoms with van der Waals surface area (Å²) in [6, 6.07) is 7.01. The van der Waals surface area contributed by atoms with Gasteiger partial charge in [0.05, 0.1) is 19.3 Å². The molecule has 1 aromatic rings. The lowest BCUT2D eigenvalue weighted by Crippen LogP contribution is -2.59. The Morgan fingerprint density at radius 3 is 2.14 bits per heavy atom. The average Bonchev–Trinajstić information content (AvgIpc) is 3.29. The molecule has 2 amide bonds. The molecule has 0 aromatic heterocycles. The zero-order chi connectivity index (χ0) is 20.2. The number of nitrogens with zero attached hydrogens (tertiary/aromatic N) is 3. The number of piperazine rings is 1. The van der Waals surface area contributed by atoms with E-state index in [1.807, 2.05) is 9.80 Å². The summed E-state index contributed by atoms with van der Waals surface area (Å²) < 4.78 is 5.43. The van der Waals surface area contributed by atoms with Crippen molar-refractivity contribution >= 4 is 23.4 Å². The van der Waals surface area contributed by atoms with Gasteiger partial charge in [-0.1, -0.05) is 24.4 Å². The summed E-state index contributed by atoms with van der Waals surface area (Å²) in [7, 11) is 0. The maximum Gasteiger partial charge on any atom is 0.253 e. The van der Waals surface area contributed by atoms with Crippen LogP contribution in [0.4, 0.5) is 0 Å². The highest BCUT2D eigenvalue weighted by atomic mass is 35.5. The second kappa shape index (κ2) is 9.45. The Balaban J connectivity index is 1.41. The van der Waals surface area contributed by atoms with E-state index in [1.54, 1.807) is 24.3 Å². The van der Waals surface area contributed by atoms with Crippen LogP contribution >= 0.6 is 11.6 Å². The molecule has 7 heteroatoms. The summed E-state index contributed by atoms with van der Waals surface area (Å²) in [5, 5.41) is 0.632. The lowest BCUT2D eigenvalue weighted by Gasteiger charge is -2.43. The Bertz CT molecular complexity index is 707. The van der Waals surface area contributed by atoms with Gasteiger partial charge in [-0.05, 0) is 43.0 Å². The van der Waals surface area contributed by atoms with Crippen LogP contribution in [-0.4, -0.2) is 85.0 Å². The molecule has 0 radical (unpaired) electrons. The lowest BCUT2D eigenvalue weighted by atomic mass is 9.94. The van der Waals surface area contributed by atoms with Gasteiger partial charge >= 0.3 is 0 Å². The molecule has 2 heterocycles. The number of benzene rings is 1. The third kappa shape index (κ3) is 4.76. The van der Waals surface area contributed by atoms with Crippen LogP contribution in [0.2, 0.25) is 5.02 Å². The van der Waals surface area contributed by atoms with E-state index in [0.29, 0.717) is 55.9 Å². The van der Waals surface area contributed by atoms with Crippen molar-refractivity contribution in [3.63, 3.8) is 0 Å². The van der Waals surface area contributed by atoms with Crippen molar-refractivity contribution in [1.29, 1.82) is 0 Å². The Kier molecular flexibility index (Phi) is 6.73. The van der Waals surface area contributed by atoms with Crippen molar-refractivity contribution in [2.45, 2.75) is 31.7 Å². The molecule has 1 unspecified atom stereocenters. The van der Waals surface area contributed by atoms with E-state index in [1.165, 1.54) is 12.8 Å². The van der Waals surface area contributed by atoms with E-state index >= 15 is 0 Å². The summed E-state index contributed by atoms with van der Waals surface area (Å²) in [5.74, 6) is 0.736. The van der Waals surface area contributed by atoms with Gasteiger partial charge in [0.1, 0.15) is 0 Å². The van der Waals surface area contributed by atoms with Gasteiger partial charge in [-0.2, -0.15) is 0 Å². The first-order chi connectivity index (χ1) is 14.1. The number of morpholine rings is 1. The summed E-state index contributed by atoms with van der Waals surface area (Å²) in [6.45, 7) is 5.45. The number of rotatable bonds is 4. The molecular formula is C22H30ClN3O3. The number of halogens is 1. The van der Waals surface area contributed by atoms with Gasteiger partial charge in [-0.15, -0.1) is 0 Å². The maximum absolute atomic E-state index is 13.4. The first-order valence-electron chi connectivity index (χ1n) is 10.8. The fourth-order valence-electron chi connectivity index (χ4n) is 4.88. The van der Waals surface area contributed by atoms with Gasteiger partial charge in [0.15, 0.2) is 0 Å². The molecule has 0 N–H and O–H groups in total. The average molecular weight is 420 g/mol. The van der Waals surface area contributed by atoms with Crippen molar-refractivity contribution in [1.82, 2.24) is 14.7 Å². The van der Waals surface area contributed by atoms with Gasteiger partial charge in [0.2, 0.25) is 5.91 Å². The molecule has 3 fully saturated rings. The summed E-state index contributed by atoms with van der Waals surface area (Å²) >= 11 is 5.94. The Morgan fingerprint density at radius 1 is 0.897 bits per heavy atom. The Hall–Kier alpha value is -1.63. The van der Waals surface area contributed by atoms with Gasteiger partial charge < -0.3 is 14.5 Å². The molecule has 6 nitrogen and oxygen atoms in total. The number of hydrogen-bond acceptors (Lipinski definition) is 4. The smallest absolute Gasteiger partial charge is 0.253 e. The highest BCUT2D eigenvalue weighted by molar-refractivity contribution is 6.30. The molecule has 0 bridgehead atoms. The molecule has 1 saturated carbocycles. The minimum absolute atomic E-state index is 0.0400. The largest absolute Gasteiger partial charge is 0.378 e. The van der Waals surface area contributed by atoms with Crippen LogP contribution in [0.15, 0.2) is 24.3 Å². The molecule has 1 aliphatic carbocycles. The van der Waals surface area contributed by atoms with Crippen LogP contribution in [0, 0.1) is 5.92 Å². The lowest BCUT2D eigenvalue weighted by molar-refractivity contribution is -0.144. The zero-order valence-corrected chi connectivity index (χ0v) is 17.6. The van der Waals surface area contributed by atoms with E-state index in [9.17, 15) is 9.59 Å². The molecule has 2 saturated heterocycles. The highest BCUT2D eigenvalue weighted by Gasteiger charge is 2.39. The van der Waals surface area contributed by atoms with Gasteiger partial charge in [0, 0.05) is 49.9 Å². The summed E-state index contributed by atoms with van der Waals surface area (Å²) in [5.41, 5.74) is 0.666. The molecule has 29 heavy (non-hydrogen) atoms. The first kappa shape index (κ1) is 20.6. The third-order valence-corrected chi connectivity index (χ3v) is 6.76. The van der Waals surface area contributed by atoms with Crippen LogP contribution in [0.25, 0.3) is 0 Å². The van der Waals surface area contributed by atoms with Crippen molar-refractivity contribution in [2.75, 3.05) is 52.5 Å². The highest BCUT2D eigenvalue weighted by Crippen LogP contribution is 2.32. The fraction of sp³-hybridized carbons (Fsp3) is 0.636. The first-order valence-corrected chi connectivity index (χ1v) is 11.2. The van der Waals surface area contributed by atoms with Gasteiger partial charge in [-0.25, -0.2) is 0 Å². The number of carbonyl (C=O) groups excluding carboxylic acids is 2. The molecule has 3 aliphatic rings. The molecule has 4 rings (SSSR count). The van der Waals surface area contributed by atoms with Crippen molar-refractivity contribution in [2.24, 2.45) is 5.92 Å². The molecule has 1 aromatic carbocycles. The van der Waals surface area contributed by atoms with Crippen molar-refractivity contribution in [3.8, 4) is 0 Å². The van der Waals surface area contributed by atoms with E-state index in [0.717, 1.165) is 25.9 Å². The number of carbonyl (C=O) groups is 2. The molecule has 0 spiro atoms. The summed E-state index contributed by atoms with van der Waals surface area (Å²) in [4.78, 5) is 32.4. The van der Waals surface area contributed by atoms with Crippen molar-refractivity contribution < 1.29 is 14.3 Å². The zero-order valence-electron chi connectivity index (χ0n) is 16.9. The second-order valence-electron chi connectivity index (χ2n) is 8.26. The second-order valence-corrected chi connectivity index (χ2v) is 8.70. The van der Waals surface area contributed by atoms with E-state index in [4.69, 9.17) is 16.3 Å². The van der Waals surface area contributed by atoms with Crippen LogP contribution < -0.4 is 0 Å². The molecule has 2 aliphatic heterocycles. The predicted molar refractivity (Wildman–Crippen MR) is 112 cm³/mol. The molecule has 158 valence electrons. The van der Waals surface area contributed by atoms with Gasteiger partial charge in [-0.3, -0.25) is 14.5 Å². The topological polar surface area (TPSA) is 53.1 Å². The van der Waals surface area contributed by atoms with Crippen LogP contribution in [-0.2, 0) is 9.53 Å².